The molecule has 0 aromatic carbocycles. The fourth-order valence-corrected chi connectivity index (χ4v) is 3.64. The molecular formula is C16H17N3O4. The van der Waals surface area contributed by atoms with E-state index in [1.54, 1.807) is 11.8 Å². The molecule has 0 bridgehead atoms. The van der Waals surface area contributed by atoms with Crippen molar-refractivity contribution >= 4 is 17.7 Å². The third-order valence-corrected chi connectivity index (χ3v) is 5.04. The highest BCUT2D eigenvalue weighted by Crippen LogP contribution is 2.37. The summed E-state index contributed by atoms with van der Waals surface area (Å²) in [6.07, 6.45) is 6.63. The lowest BCUT2D eigenvalue weighted by molar-refractivity contribution is -0.145. The van der Waals surface area contributed by atoms with E-state index in [4.69, 9.17) is 4.52 Å². The van der Waals surface area contributed by atoms with E-state index in [9.17, 15) is 14.4 Å². The van der Waals surface area contributed by atoms with Crippen molar-refractivity contribution in [3.05, 3.63) is 29.7 Å². The van der Waals surface area contributed by atoms with Gasteiger partial charge in [0.15, 0.2) is 0 Å². The molecule has 1 aromatic heterocycles. The maximum absolute atomic E-state index is 12.5. The summed E-state index contributed by atoms with van der Waals surface area (Å²) < 4.78 is 4.91. The minimum Gasteiger partial charge on any atom is -0.361 e. The van der Waals surface area contributed by atoms with Crippen LogP contribution < -0.4 is 0 Å². The zero-order chi connectivity index (χ0) is 16.1. The lowest BCUT2D eigenvalue weighted by Gasteiger charge is -2.43. The normalized spacial score (nSPS) is 27.3. The molecule has 7 heteroatoms. The van der Waals surface area contributed by atoms with Crippen LogP contribution in [-0.2, 0) is 9.59 Å². The van der Waals surface area contributed by atoms with Gasteiger partial charge in [-0.2, -0.15) is 0 Å². The molecule has 2 atom stereocenters. The minimum absolute atomic E-state index is 0.0809. The van der Waals surface area contributed by atoms with Crippen LogP contribution >= 0.6 is 0 Å². The Hall–Kier alpha value is -2.44. The van der Waals surface area contributed by atoms with E-state index in [1.807, 2.05) is 12.2 Å². The molecule has 3 heterocycles. The van der Waals surface area contributed by atoms with E-state index in [2.05, 4.69) is 5.16 Å². The first-order chi connectivity index (χ1) is 11.1. The lowest BCUT2D eigenvalue weighted by Crippen LogP contribution is -2.62. The van der Waals surface area contributed by atoms with Crippen LogP contribution in [0.4, 0.5) is 0 Å². The van der Waals surface area contributed by atoms with Crippen molar-refractivity contribution < 1.29 is 18.9 Å². The summed E-state index contributed by atoms with van der Waals surface area (Å²) in [5, 5.41) is 3.61. The van der Waals surface area contributed by atoms with Crippen LogP contribution in [0.5, 0.6) is 0 Å². The van der Waals surface area contributed by atoms with E-state index < -0.39 is 0 Å². The summed E-state index contributed by atoms with van der Waals surface area (Å²) in [7, 11) is 0. The van der Waals surface area contributed by atoms with Crippen LogP contribution in [0, 0.1) is 18.8 Å². The van der Waals surface area contributed by atoms with Gasteiger partial charge in [0.1, 0.15) is 11.3 Å². The van der Waals surface area contributed by atoms with Crippen molar-refractivity contribution in [2.45, 2.75) is 25.8 Å². The second kappa shape index (κ2) is 5.04. The fraction of sp³-hybridized carbons (Fsp3) is 0.500. The van der Waals surface area contributed by atoms with Gasteiger partial charge in [0.25, 0.3) is 5.91 Å². The number of imide groups is 1. The number of nitrogens with zero attached hydrogens (tertiary/aromatic N) is 3. The first-order valence-electron chi connectivity index (χ1n) is 7.80. The molecule has 0 unspecified atom stereocenters. The molecule has 4 rings (SSSR count). The van der Waals surface area contributed by atoms with Gasteiger partial charge in [-0.25, -0.2) is 0 Å². The van der Waals surface area contributed by atoms with Crippen molar-refractivity contribution in [1.82, 2.24) is 15.0 Å². The van der Waals surface area contributed by atoms with E-state index >= 15 is 0 Å². The number of amides is 3. The fourth-order valence-electron chi connectivity index (χ4n) is 3.64. The van der Waals surface area contributed by atoms with E-state index in [0.717, 1.165) is 0 Å². The summed E-state index contributed by atoms with van der Waals surface area (Å²) in [6.45, 7) is 2.45. The van der Waals surface area contributed by atoms with Gasteiger partial charge in [-0.15, -0.1) is 0 Å². The Morgan fingerprint density at radius 1 is 1.17 bits per heavy atom. The number of rotatable bonds is 2. The first kappa shape index (κ1) is 14.2. The lowest BCUT2D eigenvalue weighted by atomic mass is 9.85. The molecule has 3 amide bonds. The molecule has 0 spiro atoms. The average molecular weight is 315 g/mol. The van der Waals surface area contributed by atoms with Gasteiger partial charge in [0, 0.05) is 13.1 Å². The Labute approximate surface area is 132 Å². The Kier molecular flexibility index (Phi) is 3.11. The second-order valence-corrected chi connectivity index (χ2v) is 6.36. The minimum atomic E-state index is -0.211. The molecule has 0 radical (unpaired) electrons. The molecule has 120 valence electrons. The Balaban J connectivity index is 1.44. The van der Waals surface area contributed by atoms with Gasteiger partial charge in [0.2, 0.25) is 11.8 Å². The highest BCUT2D eigenvalue weighted by Gasteiger charge is 2.52. The van der Waals surface area contributed by atoms with Crippen LogP contribution in [0.1, 0.15) is 29.0 Å². The Morgan fingerprint density at radius 3 is 2.30 bits per heavy atom. The molecule has 3 aliphatic rings. The second-order valence-electron chi connectivity index (χ2n) is 6.36. The molecule has 7 nitrogen and oxygen atoms in total. The molecule has 2 fully saturated rings. The van der Waals surface area contributed by atoms with E-state index in [0.29, 0.717) is 37.3 Å². The van der Waals surface area contributed by atoms with E-state index in [1.165, 1.54) is 11.1 Å². The third kappa shape index (κ3) is 2.03. The highest BCUT2D eigenvalue weighted by atomic mass is 16.5. The third-order valence-electron chi connectivity index (χ3n) is 5.04. The van der Waals surface area contributed by atoms with Crippen molar-refractivity contribution in [3.8, 4) is 0 Å². The number of allylic oxidation sites excluding steroid dienone is 2. The molecule has 2 saturated heterocycles. The van der Waals surface area contributed by atoms with Gasteiger partial charge in [-0.05, 0) is 19.8 Å². The number of likely N-dealkylation sites (tertiary alicyclic amines) is 2. The summed E-state index contributed by atoms with van der Waals surface area (Å²) in [6, 6.07) is -0.204. The predicted molar refractivity (Wildman–Crippen MR) is 78.1 cm³/mol. The number of hydrogen-bond acceptors (Lipinski definition) is 5. The van der Waals surface area contributed by atoms with Gasteiger partial charge in [0.05, 0.1) is 24.1 Å². The molecule has 2 aliphatic heterocycles. The Bertz CT molecular complexity index is 691. The average Bonchev–Trinajstić information content (AvgIpc) is 3.03. The van der Waals surface area contributed by atoms with Crippen molar-refractivity contribution in [2.75, 3.05) is 13.1 Å². The highest BCUT2D eigenvalue weighted by molar-refractivity contribution is 6.06. The number of aromatic nitrogens is 1. The number of carbonyl (C=O) groups excluding carboxylic acids is 3. The summed E-state index contributed by atoms with van der Waals surface area (Å²) in [5.41, 5.74) is 0.431. The number of hydrogen-bond donors (Lipinski definition) is 0. The van der Waals surface area contributed by atoms with Crippen molar-refractivity contribution in [1.29, 1.82) is 0 Å². The first-order valence-corrected chi connectivity index (χ1v) is 7.80. The SMILES string of the molecule is Cc1oncc1C(=O)N1CC(N2C(=O)[C@@H]3CC=CC[C@H]3C2=O)C1. The van der Waals surface area contributed by atoms with Crippen LogP contribution in [-0.4, -0.2) is 51.8 Å². The van der Waals surface area contributed by atoms with Crippen LogP contribution in [0.2, 0.25) is 0 Å². The molecule has 1 aromatic rings. The Morgan fingerprint density at radius 2 is 1.78 bits per heavy atom. The van der Waals surface area contributed by atoms with Crippen LogP contribution in [0.3, 0.4) is 0 Å². The van der Waals surface area contributed by atoms with Gasteiger partial charge in [-0.3, -0.25) is 19.3 Å². The number of carbonyl (C=O) groups is 3. The summed E-state index contributed by atoms with van der Waals surface area (Å²) >= 11 is 0. The number of fused-ring (bicyclic) bond motifs is 1. The van der Waals surface area contributed by atoms with Gasteiger partial charge in [-0.1, -0.05) is 17.3 Å². The summed E-state index contributed by atoms with van der Waals surface area (Å²) in [5.74, 6) is -0.276. The van der Waals surface area contributed by atoms with Crippen LogP contribution in [0.15, 0.2) is 22.9 Å². The topological polar surface area (TPSA) is 83.7 Å². The van der Waals surface area contributed by atoms with Crippen molar-refractivity contribution in [3.63, 3.8) is 0 Å². The molecular weight excluding hydrogens is 298 g/mol. The maximum atomic E-state index is 12.5. The van der Waals surface area contributed by atoms with Crippen LogP contribution in [0.25, 0.3) is 0 Å². The quantitative estimate of drug-likeness (QED) is 0.594. The monoisotopic (exact) mass is 315 g/mol. The standard InChI is InChI=1S/C16H17N3O4/c1-9-13(6-17-23-9)14(20)18-7-10(8-18)19-15(21)11-4-2-3-5-12(11)16(19)22/h2-3,6,10-12H,4-5,7-8H2,1H3/t11-,12-/m1/s1. The predicted octanol–water partition coefficient (Wildman–Crippen LogP) is 0.759. The van der Waals surface area contributed by atoms with Gasteiger partial charge >= 0.3 is 0 Å². The zero-order valence-electron chi connectivity index (χ0n) is 12.8. The zero-order valence-corrected chi connectivity index (χ0v) is 12.8. The van der Waals surface area contributed by atoms with E-state index in [-0.39, 0.29) is 35.6 Å². The largest absolute Gasteiger partial charge is 0.361 e. The maximum Gasteiger partial charge on any atom is 0.259 e. The molecule has 1 aliphatic carbocycles. The molecule has 0 saturated carbocycles. The molecule has 0 N–H and O–H groups in total. The number of aryl methyl sites for hydroxylation is 1. The van der Waals surface area contributed by atoms with Gasteiger partial charge < -0.3 is 9.42 Å². The van der Waals surface area contributed by atoms with Crippen molar-refractivity contribution in [2.24, 2.45) is 11.8 Å². The summed E-state index contributed by atoms with van der Waals surface area (Å²) in [4.78, 5) is 40.3. The molecule has 23 heavy (non-hydrogen) atoms. The smallest absolute Gasteiger partial charge is 0.259 e.